The Morgan fingerprint density at radius 3 is 2.87 bits per heavy atom. The quantitative estimate of drug-likeness (QED) is 0.725. The van der Waals surface area contributed by atoms with E-state index >= 15 is 0 Å². The van der Waals surface area contributed by atoms with E-state index in [1.807, 2.05) is 6.07 Å². The van der Waals surface area contributed by atoms with E-state index in [1.54, 1.807) is 7.11 Å². The zero-order valence-electron chi connectivity index (χ0n) is 9.79. The van der Waals surface area contributed by atoms with E-state index in [4.69, 9.17) is 4.74 Å². The SMILES string of the molecule is COCCNCc1cccc(C(C)C)n1. The number of aromatic nitrogens is 1. The highest BCUT2D eigenvalue weighted by Gasteiger charge is 2.01. The van der Waals surface area contributed by atoms with Gasteiger partial charge in [0.2, 0.25) is 0 Å². The molecule has 3 heteroatoms. The molecule has 3 nitrogen and oxygen atoms in total. The van der Waals surface area contributed by atoms with Crippen LogP contribution in [-0.4, -0.2) is 25.2 Å². The second-order valence-corrected chi connectivity index (χ2v) is 3.88. The summed E-state index contributed by atoms with van der Waals surface area (Å²) in [4.78, 5) is 4.57. The Balaban J connectivity index is 2.43. The third-order valence-corrected chi connectivity index (χ3v) is 2.21. The molecule has 1 aromatic heterocycles. The van der Waals surface area contributed by atoms with Gasteiger partial charge in [-0.1, -0.05) is 19.9 Å². The van der Waals surface area contributed by atoms with E-state index in [9.17, 15) is 0 Å². The largest absolute Gasteiger partial charge is 0.383 e. The van der Waals surface area contributed by atoms with Crippen molar-refractivity contribution in [2.45, 2.75) is 26.3 Å². The molecule has 0 aromatic carbocycles. The first kappa shape index (κ1) is 12.1. The number of pyridine rings is 1. The maximum atomic E-state index is 4.96. The minimum Gasteiger partial charge on any atom is -0.383 e. The Morgan fingerprint density at radius 1 is 1.40 bits per heavy atom. The molecule has 1 aromatic rings. The van der Waals surface area contributed by atoms with Crippen molar-refractivity contribution < 1.29 is 4.74 Å². The lowest BCUT2D eigenvalue weighted by atomic mass is 10.1. The van der Waals surface area contributed by atoms with Gasteiger partial charge in [0.15, 0.2) is 0 Å². The summed E-state index contributed by atoms with van der Waals surface area (Å²) in [6, 6.07) is 6.19. The van der Waals surface area contributed by atoms with Crippen molar-refractivity contribution in [1.29, 1.82) is 0 Å². The second-order valence-electron chi connectivity index (χ2n) is 3.88. The van der Waals surface area contributed by atoms with Crippen molar-refractivity contribution in [2.75, 3.05) is 20.3 Å². The summed E-state index contributed by atoms with van der Waals surface area (Å²) in [5.41, 5.74) is 2.25. The molecule has 1 N–H and O–H groups in total. The average Bonchev–Trinajstić information content (AvgIpc) is 2.25. The van der Waals surface area contributed by atoms with E-state index in [0.29, 0.717) is 5.92 Å². The Hall–Kier alpha value is -0.930. The summed E-state index contributed by atoms with van der Waals surface area (Å²) >= 11 is 0. The van der Waals surface area contributed by atoms with Gasteiger partial charge in [-0.25, -0.2) is 0 Å². The first-order chi connectivity index (χ1) is 7.24. The highest BCUT2D eigenvalue weighted by atomic mass is 16.5. The van der Waals surface area contributed by atoms with Gasteiger partial charge in [0.1, 0.15) is 0 Å². The molecule has 1 rings (SSSR count). The van der Waals surface area contributed by atoms with Gasteiger partial charge in [-0.15, -0.1) is 0 Å². The molecule has 0 saturated carbocycles. The Kier molecular flexibility index (Phi) is 5.29. The van der Waals surface area contributed by atoms with Gasteiger partial charge < -0.3 is 10.1 Å². The molecule has 15 heavy (non-hydrogen) atoms. The summed E-state index contributed by atoms with van der Waals surface area (Å²) in [6.45, 7) is 6.73. The predicted octanol–water partition coefficient (Wildman–Crippen LogP) is 1.94. The molecule has 0 aliphatic heterocycles. The van der Waals surface area contributed by atoms with Crippen molar-refractivity contribution >= 4 is 0 Å². The number of nitrogens with zero attached hydrogens (tertiary/aromatic N) is 1. The summed E-state index contributed by atoms with van der Waals surface area (Å²) < 4.78 is 4.96. The third-order valence-electron chi connectivity index (χ3n) is 2.21. The van der Waals surface area contributed by atoms with Gasteiger partial charge >= 0.3 is 0 Å². The smallest absolute Gasteiger partial charge is 0.0587 e. The fourth-order valence-corrected chi connectivity index (χ4v) is 1.31. The number of rotatable bonds is 6. The van der Waals surface area contributed by atoms with Gasteiger partial charge in [-0.05, 0) is 18.1 Å². The highest BCUT2D eigenvalue weighted by molar-refractivity contribution is 5.13. The molecule has 0 saturated heterocycles. The Morgan fingerprint density at radius 2 is 2.20 bits per heavy atom. The third kappa shape index (κ3) is 4.40. The number of ether oxygens (including phenoxy) is 1. The lowest BCUT2D eigenvalue weighted by Crippen LogP contribution is -2.19. The molecule has 0 spiro atoms. The molecule has 0 aliphatic carbocycles. The minimum absolute atomic E-state index is 0.490. The maximum Gasteiger partial charge on any atom is 0.0587 e. The van der Waals surface area contributed by atoms with Crippen LogP contribution in [0, 0.1) is 0 Å². The van der Waals surface area contributed by atoms with E-state index in [0.717, 1.165) is 31.1 Å². The number of methoxy groups -OCH3 is 1. The minimum atomic E-state index is 0.490. The van der Waals surface area contributed by atoms with Crippen molar-refractivity contribution in [3.63, 3.8) is 0 Å². The zero-order valence-corrected chi connectivity index (χ0v) is 9.79. The normalized spacial score (nSPS) is 10.9. The number of hydrogen-bond donors (Lipinski definition) is 1. The van der Waals surface area contributed by atoms with Crippen LogP contribution in [-0.2, 0) is 11.3 Å². The molecule has 0 radical (unpaired) electrons. The average molecular weight is 208 g/mol. The summed E-state index contributed by atoms with van der Waals surface area (Å²) in [6.07, 6.45) is 0. The first-order valence-electron chi connectivity index (χ1n) is 5.39. The van der Waals surface area contributed by atoms with Crippen LogP contribution in [0.15, 0.2) is 18.2 Å². The van der Waals surface area contributed by atoms with Gasteiger partial charge in [0.05, 0.1) is 12.3 Å². The van der Waals surface area contributed by atoms with E-state index in [2.05, 4.69) is 36.3 Å². The van der Waals surface area contributed by atoms with Gasteiger partial charge in [-0.2, -0.15) is 0 Å². The van der Waals surface area contributed by atoms with Crippen LogP contribution in [0.2, 0.25) is 0 Å². The van der Waals surface area contributed by atoms with Crippen molar-refractivity contribution in [3.05, 3.63) is 29.6 Å². The lowest BCUT2D eigenvalue weighted by Gasteiger charge is -2.07. The summed E-state index contributed by atoms with van der Waals surface area (Å²) in [5, 5.41) is 3.28. The fourth-order valence-electron chi connectivity index (χ4n) is 1.31. The Labute approximate surface area is 91.9 Å². The van der Waals surface area contributed by atoms with Gasteiger partial charge in [0, 0.05) is 25.9 Å². The van der Waals surface area contributed by atoms with Crippen LogP contribution in [0.3, 0.4) is 0 Å². The molecular weight excluding hydrogens is 188 g/mol. The standard InChI is InChI=1S/C12H20N2O/c1-10(2)12-6-4-5-11(14-12)9-13-7-8-15-3/h4-6,10,13H,7-9H2,1-3H3. The monoisotopic (exact) mass is 208 g/mol. The van der Waals surface area contributed by atoms with Crippen LogP contribution in [0.5, 0.6) is 0 Å². The lowest BCUT2D eigenvalue weighted by molar-refractivity contribution is 0.199. The van der Waals surface area contributed by atoms with Gasteiger partial charge in [0.25, 0.3) is 0 Å². The van der Waals surface area contributed by atoms with Crippen LogP contribution in [0.25, 0.3) is 0 Å². The molecule has 0 aliphatic rings. The van der Waals surface area contributed by atoms with Crippen LogP contribution in [0.1, 0.15) is 31.2 Å². The predicted molar refractivity (Wildman–Crippen MR) is 61.9 cm³/mol. The molecule has 0 amide bonds. The first-order valence-corrected chi connectivity index (χ1v) is 5.39. The van der Waals surface area contributed by atoms with E-state index < -0.39 is 0 Å². The van der Waals surface area contributed by atoms with Gasteiger partial charge in [-0.3, -0.25) is 4.98 Å². The molecule has 0 fully saturated rings. The molecular formula is C12H20N2O. The fraction of sp³-hybridized carbons (Fsp3) is 0.583. The van der Waals surface area contributed by atoms with E-state index in [-0.39, 0.29) is 0 Å². The van der Waals surface area contributed by atoms with Crippen molar-refractivity contribution in [3.8, 4) is 0 Å². The Bertz CT molecular complexity index is 287. The van der Waals surface area contributed by atoms with Crippen molar-refractivity contribution in [2.24, 2.45) is 0 Å². The van der Waals surface area contributed by atoms with Crippen molar-refractivity contribution in [1.82, 2.24) is 10.3 Å². The number of nitrogens with one attached hydrogen (secondary N) is 1. The zero-order chi connectivity index (χ0) is 11.1. The van der Waals surface area contributed by atoms with Crippen LogP contribution >= 0.6 is 0 Å². The van der Waals surface area contributed by atoms with Crippen LogP contribution in [0.4, 0.5) is 0 Å². The molecule has 0 atom stereocenters. The van der Waals surface area contributed by atoms with E-state index in [1.165, 1.54) is 0 Å². The maximum absolute atomic E-state index is 4.96. The van der Waals surface area contributed by atoms with Crippen LogP contribution < -0.4 is 5.32 Å². The second kappa shape index (κ2) is 6.53. The molecule has 84 valence electrons. The summed E-state index contributed by atoms with van der Waals surface area (Å²) in [7, 11) is 1.71. The molecule has 0 unspecified atom stereocenters. The highest BCUT2D eigenvalue weighted by Crippen LogP contribution is 2.11. The molecule has 0 bridgehead atoms. The molecule has 1 heterocycles. The summed E-state index contributed by atoms with van der Waals surface area (Å²) in [5.74, 6) is 0.490. The topological polar surface area (TPSA) is 34.1 Å². The number of hydrogen-bond acceptors (Lipinski definition) is 3.